The molecule has 0 saturated carbocycles. The molecule has 0 amide bonds. The Hall–Kier alpha value is -0.940. The van der Waals surface area contributed by atoms with E-state index in [-0.39, 0.29) is 0 Å². The molecular weight excluding hydrogens is 110 g/mol. The molecule has 0 unspecified atom stereocenters. The monoisotopic (exact) mass is 121 g/mol. The van der Waals surface area contributed by atoms with Crippen LogP contribution in [0.5, 0.6) is 0 Å². The van der Waals surface area contributed by atoms with Crippen LogP contribution < -0.4 is 5.73 Å². The molecule has 0 aromatic carbocycles. The summed E-state index contributed by atoms with van der Waals surface area (Å²) >= 11 is 0. The summed E-state index contributed by atoms with van der Waals surface area (Å²) in [4.78, 5) is 0. The average molecular weight is 121 g/mol. The van der Waals surface area contributed by atoms with Crippen LogP contribution >= 0.6 is 0 Å². The first kappa shape index (κ1) is 6.18. The highest BCUT2D eigenvalue weighted by Crippen LogP contribution is 2.10. The molecule has 0 bridgehead atoms. The van der Waals surface area contributed by atoms with E-state index in [1.54, 1.807) is 0 Å². The van der Waals surface area contributed by atoms with Crippen molar-refractivity contribution in [3.8, 4) is 0 Å². The maximum atomic E-state index is 5.48. The zero-order valence-electron chi connectivity index (χ0n) is 5.65. The van der Waals surface area contributed by atoms with E-state index in [2.05, 4.69) is 12.7 Å². The maximum Gasteiger partial charge on any atom is 0.0355 e. The summed E-state index contributed by atoms with van der Waals surface area (Å²) in [6.45, 7) is 2.13. The van der Waals surface area contributed by atoms with E-state index in [9.17, 15) is 0 Å². The Balaban J connectivity index is 2.75. The Kier molecular flexibility index (Phi) is 1.76. The lowest BCUT2D eigenvalue weighted by Crippen LogP contribution is -1.95. The summed E-state index contributed by atoms with van der Waals surface area (Å²) in [6.07, 6.45) is 5.93. The number of nitrogens with two attached hydrogens (primary N) is 1. The van der Waals surface area contributed by atoms with Crippen molar-refractivity contribution in [2.24, 2.45) is 5.73 Å². The van der Waals surface area contributed by atoms with Crippen LogP contribution in [0.25, 0.3) is 0 Å². The third kappa shape index (κ3) is 1.48. The van der Waals surface area contributed by atoms with Gasteiger partial charge in [-0.05, 0) is 18.4 Å². The van der Waals surface area contributed by atoms with Crippen molar-refractivity contribution in [2.45, 2.75) is 19.8 Å². The second-order valence-electron chi connectivity index (χ2n) is 2.15. The van der Waals surface area contributed by atoms with Gasteiger partial charge in [-0.1, -0.05) is 13.0 Å². The minimum Gasteiger partial charge on any atom is -0.398 e. The van der Waals surface area contributed by atoms with Gasteiger partial charge < -0.3 is 5.73 Å². The lowest BCUT2D eigenvalue weighted by Gasteiger charge is -2.00. The van der Waals surface area contributed by atoms with Crippen LogP contribution in [0.1, 0.15) is 19.8 Å². The molecule has 9 heavy (non-hydrogen) atoms. The van der Waals surface area contributed by atoms with Gasteiger partial charge >= 0.3 is 0 Å². The molecule has 0 heterocycles. The van der Waals surface area contributed by atoms with Crippen LogP contribution in [0.4, 0.5) is 0 Å². The molecule has 0 radical (unpaired) electrons. The van der Waals surface area contributed by atoms with Crippen molar-refractivity contribution in [1.29, 1.82) is 0 Å². The molecule has 2 N–H and O–H groups in total. The Morgan fingerprint density at radius 2 is 2.56 bits per heavy atom. The molecule has 48 valence electrons. The minimum atomic E-state index is 0.840. The van der Waals surface area contributed by atoms with Crippen molar-refractivity contribution in [3.05, 3.63) is 29.2 Å². The van der Waals surface area contributed by atoms with E-state index >= 15 is 0 Å². The molecule has 0 fully saturated rings. The van der Waals surface area contributed by atoms with Gasteiger partial charge in [-0.2, -0.15) is 0 Å². The van der Waals surface area contributed by atoms with E-state index in [4.69, 9.17) is 5.73 Å². The number of allylic oxidation sites excluding steroid dienone is 2. The molecule has 0 aliphatic heterocycles. The molecule has 0 aromatic rings. The van der Waals surface area contributed by atoms with Gasteiger partial charge in [0.25, 0.3) is 0 Å². The van der Waals surface area contributed by atoms with Crippen LogP contribution in [0, 0.1) is 0 Å². The molecular formula is C8H11N. The zero-order valence-corrected chi connectivity index (χ0v) is 5.65. The Morgan fingerprint density at radius 3 is 3.00 bits per heavy atom. The van der Waals surface area contributed by atoms with Gasteiger partial charge in [0.2, 0.25) is 0 Å². The summed E-state index contributed by atoms with van der Waals surface area (Å²) in [6, 6.07) is 0. The highest BCUT2D eigenvalue weighted by Gasteiger charge is 1.94. The lowest BCUT2D eigenvalue weighted by atomic mass is 10.1. The Bertz CT molecular complexity index is 193. The van der Waals surface area contributed by atoms with E-state index in [0.29, 0.717) is 0 Å². The largest absolute Gasteiger partial charge is 0.398 e. The fourth-order valence-electron chi connectivity index (χ4n) is 0.791. The molecule has 0 atom stereocenters. The van der Waals surface area contributed by atoms with Gasteiger partial charge in [-0.3, -0.25) is 0 Å². The first-order chi connectivity index (χ1) is 4.33. The number of hydrogen-bond donors (Lipinski definition) is 1. The van der Waals surface area contributed by atoms with E-state index < -0.39 is 0 Å². The fraction of sp³-hybridized carbons (Fsp3) is 0.375. The molecule has 0 saturated heterocycles. The lowest BCUT2D eigenvalue weighted by molar-refractivity contribution is 1.02. The molecule has 1 heteroatoms. The molecule has 1 rings (SSSR count). The third-order valence-corrected chi connectivity index (χ3v) is 1.45. The first-order valence-electron chi connectivity index (χ1n) is 3.23. The smallest absolute Gasteiger partial charge is 0.0355 e. The van der Waals surface area contributed by atoms with Gasteiger partial charge in [0.1, 0.15) is 0 Å². The fourth-order valence-corrected chi connectivity index (χ4v) is 0.791. The first-order valence-corrected chi connectivity index (χ1v) is 3.23. The summed E-state index contributed by atoms with van der Waals surface area (Å²) < 4.78 is 0. The Labute approximate surface area is 55.6 Å². The van der Waals surface area contributed by atoms with Gasteiger partial charge in [-0.15, -0.1) is 5.73 Å². The van der Waals surface area contributed by atoms with Crippen LogP contribution in [0.15, 0.2) is 29.2 Å². The summed E-state index contributed by atoms with van der Waals surface area (Å²) in [5.41, 5.74) is 10.8. The van der Waals surface area contributed by atoms with Crippen LogP contribution in [-0.2, 0) is 0 Å². The van der Waals surface area contributed by atoms with Crippen molar-refractivity contribution in [1.82, 2.24) is 0 Å². The molecule has 0 spiro atoms. The minimum absolute atomic E-state index is 0.840. The average Bonchev–Trinajstić information content (AvgIpc) is 1.90. The van der Waals surface area contributed by atoms with E-state index in [0.717, 1.165) is 18.5 Å². The SMILES string of the molecule is CCC1=C=CC(N)=CC1. The standard InChI is InChI=1S/C8H11N/c1-2-7-3-5-8(9)6-4-7/h5-6H,2-3,9H2,1H3. The second-order valence-corrected chi connectivity index (χ2v) is 2.15. The second kappa shape index (κ2) is 2.56. The predicted molar refractivity (Wildman–Crippen MR) is 38.8 cm³/mol. The summed E-state index contributed by atoms with van der Waals surface area (Å²) in [7, 11) is 0. The summed E-state index contributed by atoms with van der Waals surface area (Å²) in [5.74, 6) is 0. The summed E-state index contributed by atoms with van der Waals surface area (Å²) in [5, 5.41) is 0. The van der Waals surface area contributed by atoms with Crippen molar-refractivity contribution in [2.75, 3.05) is 0 Å². The molecule has 0 aromatic heterocycles. The van der Waals surface area contributed by atoms with Gasteiger partial charge in [0.15, 0.2) is 0 Å². The number of hydrogen-bond acceptors (Lipinski definition) is 1. The van der Waals surface area contributed by atoms with E-state index in [1.165, 1.54) is 5.57 Å². The van der Waals surface area contributed by atoms with Crippen molar-refractivity contribution >= 4 is 0 Å². The number of rotatable bonds is 1. The predicted octanol–water partition coefficient (Wildman–Crippen LogP) is 1.72. The van der Waals surface area contributed by atoms with Gasteiger partial charge in [0, 0.05) is 11.8 Å². The van der Waals surface area contributed by atoms with Gasteiger partial charge in [-0.25, -0.2) is 0 Å². The van der Waals surface area contributed by atoms with Gasteiger partial charge in [0.05, 0.1) is 0 Å². The van der Waals surface area contributed by atoms with Crippen molar-refractivity contribution in [3.63, 3.8) is 0 Å². The zero-order chi connectivity index (χ0) is 6.69. The topological polar surface area (TPSA) is 26.0 Å². The normalized spacial score (nSPS) is 17.0. The van der Waals surface area contributed by atoms with Crippen LogP contribution in [0.2, 0.25) is 0 Å². The van der Waals surface area contributed by atoms with Crippen LogP contribution in [0.3, 0.4) is 0 Å². The molecule has 1 nitrogen and oxygen atoms in total. The van der Waals surface area contributed by atoms with Crippen molar-refractivity contribution < 1.29 is 0 Å². The Morgan fingerprint density at radius 1 is 1.78 bits per heavy atom. The van der Waals surface area contributed by atoms with Crippen LogP contribution in [-0.4, -0.2) is 0 Å². The third-order valence-electron chi connectivity index (χ3n) is 1.45. The highest BCUT2D eigenvalue weighted by molar-refractivity contribution is 5.24. The highest BCUT2D eigenvalue weighted by atomic mass is 14.6. The maximum absolute atomic E-state index is 5.48. The van der Waals surface area contributed by atoms with E-state index in [1.807, 2.05) is 12.2 Å². The molecule has 1 aliphatic carbocycles. The molecule has 1 aliphatic rings. The quantitative estimate of drug-likeness (QED) is 0.525.